The number of pyridine rings is 2. The van der Waals surface area contributed by atoms with E-state index in [4.69, 9.17) is 32.9 Å². The molecule has 0 aliphatic carbocycles. The van der Waals surface area contributed by atoms with Crippen molar-refractivity contribution >= 4 is 40.9 Å². The van der Waals surface area contributed by atoms with Gasteiger partial charge in [0.25, 0.3) is 5.91 Å². The molecule has 1 aliphatic heterocycles. The quantitative estimate of drug-likeness (QED) is 0.271. The fourth-order valence-electron chi connectivity index (χ4n) is 4.33. The monoisotopic (exact) mass is 565 g/mol. The smallest absolute Gasteiger partial charge is 0.326 e. The van der Waals surface area contributed by atoms with Crippen molar-refractivity contribution in [3.05, 3.63) is 51.4 Å². The number of aromatic nitrogens is 2. The highest BCUT2D eigenvalue weighted by Crippen LogP contribution is 2.23. The first kappa shape index (κ1) is 30.1. The molecule has 11 heteroatoms. The Morgan fingerprint density at radius 1 is 1.16 bits per heavy atom. The Bertz CT molecular complexity index is 1070. The molecule has 3 rings (SSSR count). The third-order valence-electron chi connectivity index (χ3n) is 6.39. The van der Waals surface area contributed by atoms with E-state index in [9.17, 15) is 14.7 Å². The highest BCUT2D eigenvalue weighted by Gasteiger charge is 2.24. The second-order valence-corrected chi connectivity index (χ2v) is 10.5. The lowest BCUT2D eigenvalue weighted by molar-refractivity contribution is -0.139. The van der Waals surface area contributed by atoms with E-state index in [1.165, 1.54) is 18.0 Å². The number of nitrogens with one attached hydrogen (secondary N) is 2. The topological polar surface area (TPSA) is 117 Å². The third-order valence-corrected chi connectivity index (χ3v) is 6.96. The maximum atomic E-state index is 12.7. The lowest BCUT2D eigenvalue weighted by atomic mass is 10.1. The number of ether oxygens (including phenoxy) is 1. The first-order valence-electron chi connectivity index (χ1n) is 13.1. The van der Waals surface area contributed by atoms with Crippen LogP contribution in [0.1, 0.15) is 61.1 Å². The Hall–Kier alpha value is -2.46. The van der Waals surface area contributed by atoms with Gasteiger partial charge in [-0.05, 0) is 70.5 Å². The Kier molecular flexibility index (Phi) is 12.0. The van der Waals surface area contributed by atoms with E-state index >= 15 is 0 Å². The molecule has 0 aromatic carbocycles. The van der Waals surface area contributed by atoms with Gasteiger partial charge in [-0.3, -0.25) is 9.78 Å². The van der Waals surface area contributed by atoms with Crippen LogP contribution < -0.4 is 10.6 Å². The lowest BCUT2D eigenvalue weighted by Crippen LogP contribution is -2.43. The van der Waals surface area contributed by atoms with Gasteiger partial charge in [-0.2, -0.15) is 0 Å². The molecule has 3 heterocycles. The molecule has 3 N–H and O–H groups in total. The fourth-order valence-corrected chi connectivity index (χ4v) is 4.87. The number of nitrogens with zero attached hydrogens (tertiary/aromatic N) is 3. The van der Waals surface area contributed by atoms with Gasteiger partial charge in [-0.15, -0.1) is 0 Å². The van der Waals surface area contributed by atoms with Crippen molar-refractivity contribution in [2.75, 3.05) is 38.1 Å². The number of hydrogen-bond acceptors (Lipinski definition) is 7. The first-order chi connectivity index (χ1) is 18.2. The van der Waals surface area contributed by atoms with Crippen LogP contribution in [0.3, 0.4) is 0 Å². The summed E-state index contributed by atoms with van der Waals surface area (Å²) in [6, 6.07) is 3.19. The highest BCUT2D eigenvalue weighted by atomic mass is 35.5. The number of carboxylic acid groups (broad SMARTS) is 1. The van der Waals surface area contributed by atoms with Gasteiger partial charge in [-0.25, -0.2) is 9.78 Å². The maximum Gasteiger partial charge on any atom is 0.326 e. The summed E-state index contributed by atoms with van der Waals surface area (Å²) >= 11 is 12.1. The molecule has 38 heavy (non-hydrogen) atoms. The molecule has 0 fully saturated rings. The molecule has 0 unspecified atom stereocenters. The van der Waals surface area contributed by atoms with Gasteiger partial charge in [0, 0.05) is 37.7 Å². The first-order valence-corrected chi connectivity index (χ1v) is 13.9. The van der Waals surface area contributed by atoms with Crippen LogP contribution in [0.4, 0.5) is 5.82 Å². The van der Waals surface area contributed by atoms with Crippen LogP contribution in [-0.2, 0) is 22.4 Å². The maximum absolute atomic E-state index is 12.7. The minimum atomic E-state index is -1.12. The van der Waals surface area contributed by atoms with E-state index in [-0.39, 0.29) is 28.1 Å². The summed E-state index contributed by atoms with van der Waals surface area (Å²) in [4.78, 5) is 35.4. The molecular formula is C27H37Cl2N5O4. The number of aryl methyl sites for hydroxylation is 2. The second-order valence-electron chi connectivity index (χ2n) is 9.69. The molecule has 0 saturated heterocycles. The molecule has 0 radical (unpaired) electrons. The largest absolute Gasteiger partial charge is 0.480 e. The summed E-state index contributed by atoms with van der Waals surface area (Å²) in [5, 5.41) is 15.8. The lowest BCUT2D eigenvalue weighted by Gasteiger charge is -2.25. The molecule has 2 aromatic rings. The predicted molar refractivity (Wildman–Crippen MR) is 149 cm³/mol. The second kappa shape index (κ2) is 15.2. The predicted octanol–water partition coefficient (Wildman–Crippen LogP) is 4.46. The van der Waals surface area contributed by atoms with Crippen LogP contribution in [-0.4, -0.2) is 76.8 Å². The molecule has 0 spiro atoms. The number of rotatable bonds is 15. The molecule has 1 atom stereocenters. The third kappa shape index (κ3) is 9.38. The normalized spacial score (nSPS) is 13.7. The molecular weight excluding hydrogens is 529 g/mol. The summed E-state index contributed by atoms with van der Waals surface area (Å²) in [7, 11) is 0. The standard InChI is InChI=1S/C27H37Cl2N5O4/c1-18(2)38-15-14-34(12-4-3-7-20-9-8-19-6-5-11-31-25(19)32-20)13-10-23(27(36)37)33-26(35)24-21(28)16-30-17-22(24)29/h8-9,16-18,23H,3-7,10-15H2,1-2H3,(H,31,32)(H,33,35)(H,36,37)/t23-/m0/s1. The average Bonchev–Trinajstić information content (AvgIpc) is 2.87. The van der Waals surface area contributed by atoms with Gasteiger partial charge in [-0.1, -0.05) is 29.3 Å². The minimum absolute atomic E-state index is 0.0164. The Labute approximate surface area is 234 Å². The van der Waals surface area contributed by atoms with Crippen molar-refractivity contribution in [3.8, 4) is 0 Å². The molecule has 1 amide bonds. The van der Waals surface area contributed by atoms with Crippen molar-refractivity contribution in [3.63, 3.8) is 0 Å². The average molecular weight is 567 g/mol. The van der Waals surface area contributed by atoms with E-state index in [1.807, 2.05) is 13.8 Å². The van der Waals surface area contributed by atoms with E-state index in [1.54, 1.807) is 0 Å². The number of carboxylic acids is 1. The molecule has 1 aliphatic rings. The van der Waals surface area contributed by atoms with Crippen molar-refractivity contribution in [1.82, 2.24) is 20.2 Å². The number of aliphatic carboxylic acids is 1. The number of halogens is 2. The van der Waals surface area contributed by atoms with Crippen LogP contribution in [0.25, 0.3) is 0 Å². The summed E-state index contributed by atoms with van der Waals surface area (Å²) < 4.78 is 5.72. The molecule has 0 bridgehead atoms. The number of carbonyl (C=O) groups excluding carboxylic acids is 1. The van der Waals surface area contributed by atoms with Gasteiger partial charge in [0.05, 0.1) is 28.3 Å². The number of fused-ring (bicyclic) bond motifs is 1. The SMILES string of the molecule is CC(C)OCCN(CCCCc1ccc2c(n1)NCCC2)CC[C@H](NC(=O)c1c(Cl)cncc1Cl)C(=O)O. The van der Waals surface area contributed by atoms with E-state index < -0.39 is 17.9 Å². The van der Waals surface area contributed by atoms with E-state index in [2.05, 4.69) is 32.7 Å². The molecule has 9 nitrogen and oxygen atoms in total. The summed E-state index contributed by atoms with van der Waals surface area (Å²) in [5.74, 6) is -0.751. The number of unbranched alkanes of at least 4 members (excludes halogenated alkanes) is 1. The Morgan fingerprint density at radius 3 is 2.63 bits per heavy atom. The fraction of sp³-hybridized carbons (Fsp3) is 0.556. The Morgan fingerprint density at radius 2 is 1.92 bits per heavy atom. The van der Waals surface area contributed by atoms with Crippen LogP contribution in [0.15, 0.2) is 24.5 Å². The molecule has 0 saturated carbocycles. The van der Waals surface area contributed by atoms with Gasteiger partial charge >= 0.3 is 5.97 Å². The van der Waals surface area contributed by atoms with Crippen molar-refractivity contribution < 1.29 is 19.4 Å². The van der Waals surface area contributed by atoms with Crippen LogP contribution >= 0.6 is 23.2 Å². The van der Waals surface area contributed by atoms with Crippen molar-refractivity contribution in [2.24, 2.45) is 0 Å². The van der Waals surface area contributed by atoms with Crippen molar-refractivity contribution in [2.45, 2.75) is 64.5 Å². The van der Waals surface area contributed by atoms with Crippen LogP contribution in [0, 0.1) is 0 Å². The van der Waals surface area contributed by atoms with Crippen LogP contribution in [0.5, 0.6) is 0 Å². The number of amides is 1. The summed E-state index contributed by atoms with van der Waals surface area (Å²) in [5.41, 5.74) is 2.38. The zero-order chi connectivity index (χ0) is 27.5. The van der Waals surface area contributed by atoms with Gasteiger partial charge in [0.2, 0.25) is 0 Å². The number of carbonyl (C=O) groups is 2. The van der Waals surface area contributed by atoms with Crippen molar-refractivity contribution in [1.29, 1.82) is 0 Å². The zero-order valence-corrected chi connectivity index (χ0v) is 23.5. The van der Waals surface area contributed by atoms with Crippen LogP contribution in [0.2, 0.25) is 10.0 Å². The van der Waals surface area contributed by atoms with Gasteiger partial charge in [0.1, 0.15) is 11.9 Å². The minimum Gasteiger partial charge on any atom is -0.480 e. The number of anilines is 1. The zero-order valence-electron chi connectivity index (χ0n) is 22.0. The van der Waals surface area contributed by atoms with Gasteiger partial charge in [0.15, 0.2) is 0 Å². The van der Waals surface area contributed by atoms with Gasteiger partial charge < -0.3 is 25.4 Å². The summed E-state index contributed by atoms with van der Waals surface area (Å²) in [6.07, 6.45) is 7.92. The number of hydrogen-bond donors (Lipinski definition) is 3. The highest BCUT2D eigenvalue weighted by molar-refractivity contribution is 6.39. The van der Waals surface area contributed by atoms with E-state index in [0.717, 1.165) is 56.7 Å². The summed E-state index contributed by atoms with van der Waals surface area (Å²) in [6.45, 7) is 7.41. The van der Waals surface area contributed by atoms with E-state index in [0.29, 0.717) is 19.7 Å². The Balaban J connectivity index is 1.53. The molecule has 2 aromatic heterocycles. The molecule has 208 valence electrons.